The van der Waals surface area contributed by atoms with Crippen LogP contribution in [0, 0.1) is 0 Å². The Kier molecular flexibility index (Phi) is 8.06. The first-order chi connectivity index (χ1) is 15.0. The molecule has 0 bridgehead atoms. The lowest BCUT2D eigenvalue weighted by atomic mass is 9.91. The summed E-state index contributed by atoms with van der Waals surface area (Å²) in [6.45, 7) is 6.22. The number of carbonyl (C=O) groups is 1. The number of aryl methyl sites for hydroxylation is 1. The normalized spacial score (nSPS) is 14.0. The minimum Gasteiger partial charge on any atom is -0.497 e. The van der Waals surface area contributed by atoms with E-state index in [1.54, 1.807) is 13.2 Å². The number of aliphatic hydroxyl groups excluding tert-OH is 1. The van der Waals surface area contributed by atoms with Crippen LogP contribution in [-0.2, 0) is 13.0 Å². The number of hydrogen-bond donors (Lipinski definition) is 2. The maximum Gasteiger partial charge on any atom is 0.163 e. The Hall–Kier alpha value is -2.86. The second-order valence-corrected chi connectivity index (χ2v) is 7.81. The third-order valence-electron chi connectivity index (χ3n) is 5.52. The maximum absolute atomic E-state index is 13.1. The number of ketones is 1. The summed E-state index contributed by atoms with van der Waals surface area (Å²) in [6, 6.07) is 11.4. The van der Waals surface area contributed by atoms with Crippen LogP contribution in [-0.4, -0.2) is 43.5 Å². The zero-order chi connectivity index (χ0) is 22.2. The van der Waals surface area contributed by atoms with Gasteiger partial charge in [0.1, 0.15) is 11.5 Å². The Morgan fingerprint density at radius 2 is 2.06 bits per heavy atom. The van der Waals surface area contributed by atoms with Crippen molar-refractivity contribution in [2.75, 3.05) is 26.8 Å². The van der Waals surface area contributed by atoms with E-state index in [9.17, 15) is 9.90 Å². The molecule has 0 spiro atoms. The average molecular weight is 425 g/mol. The molecule has 0 radical (unpaired) electrons. The van der Waals surface area contributed by atoms with Gasteiger partial charge >= 0.3 is 0 Å². The van der Waals surface area contributed by atoms with E-state index >= 15 is 0 Å². The quantitative estimate of drug-likeness (QED) is 0.535. The Bertz CT molecular complexity index is 917. The number of ether oxygens (including phenoxy) is 2. The van der Waals surface area contributed by atoms with Gasteiger partial charge in [-0.25, -0.2) is 0 Å². The number of aliphatic hydroxyl groups is 1. The third-order valence-corrected chi connectivity index (χ3v) is 5.52. The number of carbonyl (C=O) groups excluding carboxylic acids is 1. The van der Waals surface area contributed by atoms with Crippen LogP contribution in [0.15, 0.2) is 41.4 Å². The van der Waals surface area contributed by atoms with E-state index in [0.29, 0.717) is 24.3 Å². The number of nitrogens with zero attached hydrogens (tertiary/aromatic N) is 1. The van der Waals surface area contributed by atoms with Crippen LogP contribution in [0.2, 0.25) is 0 Å². The minimum absolute atomic E-state index is 0.0000345. The van der Waals surface area contributed by atoms with Gasteiger partial charge < -0.3 is 19.9 Å². The first kappa shape index (κ1) is 22.8. The molecular weight excluding hydrogens is 392 g/mol. The molecule has 6 heteroatoms. The van der Waals surface area contributed by atoms with Crippen molar-refractivity contribution in [3.63, 3.8) is 0 Å². The predicted molar refractivity (Wildman–Crippen MR) is 123 cm³/mol. The highest BCUT2D eigenvalue weighted by Gasteiger charge is 2.17. The lowest BCUT2D eigenvalue weighted by Crippen LogP contribution is -2.19. The molecule has 1 aliphatic heterocycles. The summed E-state index contributed by atoms with van der Waals surface area (Å²) in [7, 11) is 1.60. The molecule has 2 aromatic carbocycles. The van der Waals surface area contributed by atoms with E-state index < -0.39 is 0 Å². The van der Waals surface area contributed by atoms with Gasteiger partial charge in [-0.15, -0.1) is 0 Å². The van der Waals surface area contributed by atoms with Crippen molar-refractivity contribution in [3.05, 3.63) is 58.7 Å². The topological polar surface area (TPSA) is 80.2 Å². The molecule has 1 heterocycles. The van der Waals surface area contributed by atoms with Gasteiger partial charge in [0.15, 0.2) is 5.78 Å². The fourth-order valence-corrected chi connectivity index (χ4v) is 3.81. The zero-order valence-electron chi connectivity index (χ0n) is 18.6. The summed E-state index contributed by atoms with van der Waals surface area (Å²) in [5.41, 5.74) is 3.48. The highest BCUT2D eigenvalue weighted by Crippen LogP contribution is 2.28. The van der Waals surface area contributed by atoms with E-state index in [1.165, 1.54) is 0 Å². The van der Waals surface area contributed by atoms with Crippen molar-refractivity contribution in [1.82, 2.24) is 5.32 Å². The minimum atomic E-state index is -0.0622. The lowest BCUT2D eigenvalue weighted by molar-refractivity contribution is 0.0975. The summed E-state index contributed by atoms with van der Waals surface area (Å²) in [4.78, 5) is 17.5. The van der Waals surface area contributed by atoms with E-state index in [2.05, 4.69) is 10.3 Å². The van der Waals surface area contributed by atoms with Crippen molar-refractivity contribution >= 4 is 11.6 Å². The van der Waals surface area contributed by atoms with E-state index in [-0.39, 0.29) is 18.3 Å². The molecule has 31 heavy (non-hydrogen) atoms. The largest absolute Gasteiger partial charge is 0.497 e. The molecule has 1 unspecified atom stereocenters. The van der Waals surface area contributed by atoms with Gasteiger partial charge in [-0.1, -0.05) is 13.0 Å². The molecule has 1 atom stereocenters. The van der Waals surface area contributed by atoms with Crippen molar-refractivity contribution < 1.29 is 19.4 Å². The molecule has 0 aliphatic carbocycles. The summed E-state index contributed by atoms with van der Waals surface area (Å²) in [5.74, 6) is 2.62. The predicted octanol–water partition coefficient (Wildman–Crippen LogP) is 3.90. The molecule has 0 amide bonds. The highest BCUT2D eigenvalue weighted by molar-refractivity contribution is 5.97. The second kappa shape index (κ2) is 11.0. The van der Waals surface area contributed by atoms with Crippen LogP contribution in [0.25, 0.3) is 0 Å². The lowest BCUT2D eigenvalue weighted by Gasteiger charge is -2.16. The number of amidine groups is 1. The number of hydrogen-bond acceptors (Lipinski definition) is 6. The molecule has 0 fully saturated rings. The molecular formula is C25H32N2O4. The number of aliphatic imine (C=N–C) groups is 1. The molecule has 1 aliphatic rings. The van der Waals surface area contributed by atoms with Crippen LogP contribution in [0.1, 0.15) is 59.7 Å². The Morgan fingerprint density at radius 3 is 2.74 bits per heavy atom. The van der Waals surface area contributed by atoms with Gasteiger partial charge in [-0.3, -0.25) is 9.79 Å². The summed E-state index contributed by atoms with van der Waals surface area (Å²) in [5, 5.41) is 12.8. The maximum atomic E-state index is 13.1. The highest BCUT2D eigenvalue weighted by atomic mass is 16.5. The van der Waals surface area contributed by atoms with Gasteiger partial charge in [0.05, 0.1) is 32.7 Å². The van der Waals surface area contributed by atoms with Gasteiger partial charge in [-0.05, 0) is 66.3 Å². The fraction of sp³-hybridized carbons (Fsp3) is 0.440. The molecule has 0 saturated carbocycles. The number of methoxy groups -OCH3 is 1. The van der Waals surface area contributed by atoms with Gasteiger partial charge in [0.25, 0.3) is 0 Å². The summed E-state index contributed by atoms with van der Waals surface area (Å²) in [6.07, 6.45) is 1.95. The number of Topliss-reactive ketones (excluding diaryl/α,β-unsaturated/α-hetero) is 1. The number of benzene rings is 2. The summed E-state index contributed by atoms with van der Waals surface area (Å²) < 4.78 is 11.1. The number of nitrogens with one attached hydrogen (secondary N) is 1. The molecule has 6 nitrogen and oxygen atoms in total. The Labute approximate surface area is 184 Å². The van der Waals surface area contributed by atoms with Crippen LogP contribution >= 0.6 is 0 Å². The van der Waals surface area contributed by atoms with Crippen LogP contribution < -0.4 is 14.8 Å². The van der Waals surface area contributed by atoms with Crippen LogP contribution in [0.3, 0.4) is 0 Å². The Balaban J connectivity index is 1.75. The van der Waals surface area contributed by atoms with E-state index in [0.717, 1.165) is 54.2 Å². The fourth-order valence-electron chi connectivity index (χ4n) is 3.81. The molecule has 166 valence electrons. The van der Waals surface area contributed by atoms with Gasteiger partial charge in [0.2, 0.25) is 0 Å². The smallest absolute Gasteiger partial charge is 0.163 e. The zero-order valence-corrected chi connectivity index (χ0v) is 18.6. The van der Waals surface area contributed by atoms with Gasteiger partial charge in [-0.2, -0.15) is 0 Å². The van der Waals surface area contributed by atoms with Gasteiger partial charge in [0, 0.05) is 24.9 Å². The van der Waals surface area contributed by atoms with E-state index in [4.69, 9.17) is 9.47 Å². The van der Waals surface area contributed by atoms with E-state index in [1.807, 2.05) is 44.2 Å². The molecule has 0 saturated heterocycles. The van der Waals surface area contributed by atoms with Crippen molar-refractivity contribution in [2.24, 2.45) is 4.99 Å². The molecule has 0 aromatic heterocycles. The Morgan fingerprint density at radius 1 is 1.23 bits per heavy atom. The third kappa shape index (κ3) is 6.07. The monoisotopic (exact) mass is 424 g/mol. The first-order valence-electron chi connectivity index (χ1n) is 10.9. The van der Waals surface area contributed by atoms with Crippen LogP contribution in [0.5, 0.6) is 11.5 Å². The van der Waals surface area contributed by atoms with Crippen molar-refractivity contribution in [3.8, 4) is 11.5 Å². The first-order valence-corrected chi connectivity index (χ1v) is 10.9. The summed E-state index contributed by atoms with van der Waals surface area (Å²) >= 11 is 0. The molecule has 3 rings (SSSR count). The average Bonchev–Trinajstić information content (AvgIpc) is 3.31. The van der Waals surface area contributed by atoms with Crippen molar-refractivity contribution in [1.29, 1.82) is 0 Å². The second-order valence-electron chi connectivity index (χ2n) is 7.81. The molecule has 2 N–H and O–H groups in total. The standard InChI is InChI=1S/C25H32N2O4/c1-4-31-24-7-5-19(14-20(24)6-8-25-26-9-10-27-25)23(29)11-17(2)21-12-18(16-28)13-22(15-21)30-3/h5,7,12-15,17,28H,4,6,8-11,16H2,1-3H3,(H,26,27). The van der Waals surface area contributed by atoms with Crippen molar-refractivity contribution in [2.45, 2.75) is 45.6 Å². The van der Waals surface area contributed by atoms with Crippen LogP contribution in [0.4, 0.5) is 0 Å². The molecule has 2 aromatic rings. The SMILES string of the molecule is CCOc1ccc(C(=O)CC(C)c2cc(CO)cc(OC)c2)cc1CCC1=NCCN1. The number of rotatable bonds is 11.